The van der Waals surface area contributed by atoms with Crippen LogP contribution in [0.4, 0.5) is 0 Å². The molecule has 0 unspecified atom stereocenters. The molecule has 0 amide bonds. The topological polar surface area (TPSA) is 34.1 Å². The van der Waals surface area contributed by atoms with Gasteiger partial charge in [-0.05, 0) is 13.3 Å². The van der Waals surface area contributed by atoms with Crippen LogP contribution in [-0.4, -0.2) is 22.7 Å². The molecule has 2 atom stereocenters. The van der Waals surface area contributed by atoms with E-state index in [2.05, 4.69) is 31.9 Å². The van der Waals surface area contributed by atoms with Gasteiger partial charge in [0.05, 0.1) is 10.1 Å². The molecule has 1 rings (SSSR count). The molecule has 0 aromatic heterocycles. The van der Waals surface area contributed by atoms with Crippen LogP contribution < -0.4 is 0 Å². The Balaban J connectivity index is 2.99. The van der Waals surface area contributed by atoms with Gasteiger partial charge in [-0.2, -0.15) is 0 Å². The van der Waals surface area contributed by atoms with E-state index >= 15 is 0 Å². The number of rotatable bonds is 0. The molecule has 0 saturated carbocycles. The van der Waals surface area contributed by atoms with Gasteiger partial charge in [0.2, 0.25) is 0 Å². The molecule has 0 aromatic carbocycles. The van der Waals surface area contributed by atoms with Gasteiger partial charge >= 0.3 is 0 Å². The minimum Gasteiger partial charge on any atom is -0.228 e. The van der Waals surface area contributed by atoms with E-state index in [0.717, 1.165) is 0 Å². The molecule has 1 heterocycles. The predicted octanol–water partition coefficient (Wildman–Crippen LogP) is 1.68. The Bertz CT molecular complexity index is 232. The first kappa shape index (κ1) is 9.00. The molecule has 1 saturated heterocycles. The Labute approximate surface area is 77.6 Å². The zero-order chi connectivity index (χ0) is 7.99. The SMILES string of the molecule is C[C@]1(Br)CCS(=O)(=O)[C@@H]1Br. The third kappa shape index (κ3) is 1.41. The van der Waals surface area contributed by atoms with Crippen molar-refractivity contribution < 1.29 is 8.42 Å². The Morgan fingerprint density at radius 3 is 2.20 bits per heavy atom. The molecule has 0 aromatic rings. The summed E-state index contributed by atoms with van der Waals surface area (Å²) in [4.78, 5) is 0. The molecular weight excluding hydrogens is 284 g/mol. The van der Waals surface area contributed by atoms with Crippen molar-refractivity contribution >= 4 is 41.7 Å². The summed E-state index contributed by atoms with van der Waals surface area (Å²) in [5, 5.41) is 0. The van der Waals surface area contributed by atoms with E-state index in [-0.39, 0.29) is 10.1 Å². The third-order valence-electron chi connectivity index (χ3n) is 1.66. The molecule has 10 heavy (non-hydrogen) atoms. The van der Waals surface area contributed by atoms with E-state index in [1.165, 1.54) is 0 Å². The van der Waals surface area contributed by atoms with Crippen LogP contribution in [0.2, 0.25) is 0 Å². The summed E-state index contributed by atoms with van der Waals surface area (Å²) in [6, 6.07) is 0. The molecule has 0 aliphatic carbocycles. The highest BCUT2D eigenvalue weighted by Gasteiger charge is 2.45. The number of sulfone groups is 1. The van der Waals surface area contributed by atoms with Crippen molar-refractivity contribution in [1.29, 1.82) is 0 Å². The Morgan fingerprint density at radius 1 is 1.60 bits per heavy atom. The molecule has 5 heteroatoms. The van der Waals surface area contributed by atoms with Gasteiger partial charge in [0.15, 0.2) is 9.84 Å². The van der Waals surface area contributed by atoms with E-state index < -0.39 is 14.0 Å². The van der Waals surface area contributed by atoms with E-state index in [1.807, 2.05) is 6.92 Å². The van der Waals surface area contributed by atoms with Crippen LogP contribution >= 0.6 is 31.9 Å². The summed E-state index contributed by atoms with van der Waals surface area (Å²) >= 11 is 6.50. The van der Waals surface area contributed by atoms with Crippen LogP contribution in [0.15, 0.2) is 0 Å². The quantitative estimate of drug-likeness (QED) is 0.637. The van der Waals surface area contributed by atoms with Crippen molar-refractivity contribution in [2.24, 2.45) is 0 Å². The van der Waals surface area contributed by atoms with E-state index in [9.17, 15) is 8.42 Å². The molecule has 0 bridgehead atoms. The minimum absolute atomic E-state index is 0.272. The predicted molar refractivity (Wildman–Crippen MR) is 48.5 cm³/mol. The van der Waals surface area contributed by atoms with Crippen molar-refractivity contribution in [1.82, 2.24) is 0 Å². The lowest BCUT2D eigenvalue weighted by atomic mass is 10.2. The second kappa shape index (κ2) is 2.45. The fourth-order valence-electron chi connectivity index (χ4n) is 0.933. The maximum atomic E-state index is 11.1. The van der Waals surface area contributed by atoms with Gasteiger partial charge < -0.3 is 0 Å². The molecule has 60 valence electrons. The monoisotopic (exact) mass is 290 g/mol. The molecule has 1 aliphatic heterocycles. The van der Waals surface area contributed by atoms with Gasteiger partial charge in [0.25, 0.3) is 0 Å². The van der Waals surface area contributed by atoms with E-state index in [0.29, 0.717) is 6.42 Å². The Morgan fingerprint density at radius 2 is 2.10 bits per heavy atom. The average Bonchev–Trinajstić information content (AvgIpc) is 1.95. The summed E-state index contributed by atoms with van der Waals surface area (Å²) in [6.45, 7) is 1.89. The lowest BCUT2D eigenvalue weighted by Gasteiger charge is -2.16. The van der Waals surface area contributed by atoms with Crippen LogP contribution in [0, 0.1) is 0 Å². The smallest absolute Gasteiger partial charge is 0.164 e. The molecular formula is C5H8Br2O2S. The first-order valence-electron chi connectivity index (χ1n) is 2.91. The van der Waals surface area contributed by atoms with Crippen molar-refractivity contribution in [2.75, 3.05) is 5.75 Å². The van der Waals surface area contributed by atoms with Crippen LogP contribution in [0.25, 0.3) is 0 Å². The molecule has 0 N–H and O–H groups in total. The van der Waals surface area contributed by atoms with E-state index in [4.69, 9.17) is 0 Å². The molecule has 1 fully saturated rings. The molecule has 0 spiro atoms. The van der Waals surface area contributed by atoms with Crippen LogP contribution in [0.3, 0.4) is 0 Å². The fourth-order valence-corrected chi connectivity index (χ4v) is 4.82. The van der Waals surface area contributed by atoms with Gasteiger partial charge in [-0.15, -0.1) is 0 Å². The molecule has 1 aliphatic rings. The van der Waals surface area contributed by atoms with Crippen molar-refractivity contribution in [3.8, 4) is 0 Å². The molecule has 2 nitrogen and oxygen atoms in total. The zero-order valence-corrected chi connectivity index (χ0v) is 9.46. The van der Waals surface area contributed by atoms with Gasteiger partial charge in [-0.3, -0.25) is 0 Å². The van der Waals surface area contributed by atoms with Gasteiger partial charge in [0.1, 0.15) is 4.16 Å². The lowest BCUT2D eigenvalue weighted by molar-refractivity contribution is 0.599. The Hall–Kier alpha value is 0.910. The normalized spacial score (nSPS) is 45.7. The second-order valence-electron chi connectivity index (χ2n) is 2.71. The van der Waals surface area contributed by atoms with Crippen molar-refractivity contribution in [2.45, 2.75) is 21.8 Å². The zero-order valence-electron chi connectivity index (χ0n) is 5.47. The highest BCUT2D eigenvalue weighted by Crippen LogP contribution is 2.41. The average molecular weight is 292 g/mol. The maximum Gasteiger partial charge on any atom is 0.164 e. The van der Waals surface area contributed by atoms with Gasteiger partial charge in [-0.25, -0.2) is 8.42 Å². The first-order valence-corrected chi connectivity index (χ1v) is 6.33. The van der Waals surface area contributed by atoms with Crippen LogP contribution in [0.5, 0.6) is 0 Å². The third-order valence-corrected chi connectivity index (χ3v) is 8.08. The number of alkyl halides is 2. The number of hydrogen-bond acceptors (Lipinski definition) is 2. The van der Waals surface area contributed by atoms with Crippen molar-refractivity contribution in [3.05, 3.63) is 0 Å². The Kier molecular flexibility index (Phi) is 2.21. The van der Waals surface area contributed by atoms with Crippen LogP contribution in [-0.2, 0) is 9.84 Å². The van der Waals surface area contributed by atoms with E-state index in [1.54, 1.807) is 0 Å². The summed E-state index contributed by atoms with van der Waals surface area (Å²) in [5.41, 5.74) is 0. The summed E-state index contributed by atoms with van der Waals surface area (Å²) in [7, 11) is -2.86. The highest BCUT2D eigenvalue weighted by atomic mass is 79.9. The van der Waals surface area contributed by atoms with Gasteiger partial charge in [0, 0.05) is 0 Å². The summed E-state index contributed by atoms with van der Waals surface area (Å²) in [6.07, 6.45) is 0.686. The number of hydrogen-bond donors (Lipinski definition) is 0. The first-order chi connectivity index (χ1) is 4.36. The minimum atomic E-state index is -2.86. The highest BCUT2D eigenvalue weighted by molar-refractivity contribution is 9.13. The molecule has 0 radical (unpaired) electrons. The number of halogens is 2. The fraction of sp³-hybridized carbons (Fsp3) is 1.00. The summed E-state index contributed by atoms with van der Waals surface area (Å²) < 4.78 is 21.5. The van der Waals surface area contributed by atoms with Crippen LogP contribution in [0.1, 0.15) is 13.3 Å². The lowest BCUT2D eigenvalue weighted by Crippen LogP contribution is -2.25. The van der Waals surface area contributed by atoms with Crippen molar-refractivity contribution in [3.63, 3.8) is 0 Å². The standard InChI is InChI=1S/C5H8Br2O2S/c1-5(7)2-3-10(8,9)4(5)6/h4H,2-3H2,1H3/t4-,5-/m0/s1. The van der Waals surface area contributed by atoms with Gasteiger partial charge in [-0.1, -0.05) is 31.9 Å². The summed E-state index contributed by atoms with van der Waals surface area (Å²) in [5.74, 6) is 0.282. The second-order valence-corrected chi connectivity index (χ2v) is 8.25. The largest absolute Gasteiger partial charge is 0.228 e. The maximum absolute atomic E-state index is 11.1.